The van der Waals surface area contributed by atoms with E-state index in [4.69, 9.17) is 23.2 Å². The van der Waals surface area contributed by atoms with Gasteiger partial charge in [0.25, 0.3) is 0 Å². The van der Waals surface area contributed by atoms with Crippen LogP contribution >= 0.6 is 23.2 Å². The first-order valence-corrected chi connectivity index (χ1v) is 5.00. The zero-order chi connectivity index (χ0) is 11.4. The maximum atomic E-state index is 11.9. The molecule has 0 saturated heterocycles. The van der Waals surface area contributed by atoms with Crippen LogP contribution in [0.4, 0.5) is 4.39 Å². The first kappa shape index (κ1) is 12.3. The third kappa shape index (κ3) is 3.08. The van der Waals surface area contributed by atoms with Crippen LogP contribution in [0.2, 0.25) is 5.02 Å². The number of rotatable bonds is 4. The van der Waals surface area contributed by atoms with Crippen LogP contribution in [0.5, 0.6) is 5.75 Å². The van der Waals surface area contributed by atoms with Gasteiger partial charge < -0.3 is 4.74 Å². The number of benzene rings is 1. The topological polar surface area (TPSA) is 26.3 Å². The summed E-state index contributed by atoms with van der Waals surface area (Å²) in [6.07, 6.45) is 0. The maximum Gasteiger partial charge on any atom is 0.228 e. The van der Waals surface area contributed by atoms with E-state index in [1.54, 1.807) is 6.07 Å². The normalized spacial score (nSPS) is 12.3. The van der Waals surface area contributed by atoms with E-state index in [-0.39, 0.29) is 16.6 Å². The summed E-state index contributed by atoms with van der Waals surface area (Å²) < 4.78 is 16.5. The summed E-state index contributed by atoms with van der Waals surface area (Å²) in [6, 6.07) is 4.55. The highest BCUT2D eigenvalue weighted by atomic mass is 35.5. The fraction of sp³-hybridized carbons (Fsp3) is 0.300. The Balaban J connectivity index is 2.95. The summed E-state index contributed by atoms with van der Waals surface area (Å²) >= 11 is 11.6. The molecule has 82 valence electrons. The lowest BCUT2D eigenvalue weighted by Crippen LogP contribution is -2.01. The number of hydrogen-bond acceptors (Lipinski definition) is 2. The number of hydrogen-bond donors (Lipinski definition) is 0. The monoisotopic (exact) mass is 250 g/mol. The second-order valence-corrected chi connectivity index (χ2v) is 3.76. The van der Waals surface area contributed by atoms with E-state index in [0.717, 1.165) is 0 Å². The van der Waals surface area contributed by atoms with Gasteiger partial charge in [0.1, 0.15) is 11.1 Å². The Morgan fingerprint density at radius 3 is 2.73 bits per heavy atom. The highest BCUT2D eigenvalue weighted by Gasteiger charge is 2.14. The lowest BCUT2D eigenvalue weighted by molar-refractivity contribution is -0.116. The van der Waals surface area contributed by atoms with Crippen molar-refractivity contribution in [3.8, 4) is 5.75 Å². The Bertz CT molecular complexity index is 368. The standard InChI is InChI=1S/C10H9Cl2FO2/c1-6(14)10(12)7-2-3-9(15-5-13)8(11)4-7/h2-4,10H,5H2,1H3. The minimum atomic E-state index is -0.948. The molecule has 15 heavy (non-hydrogen) atoms. The molecule has 0 amide bonds. The van der Waals surface area contributed by atoms with Gasteiger partial charge in [0, 0.05) is 0 Å². The van der Waals surface area contributed by atoms with Crippen molar-refractivity contribution in [2.45, 2.75) is 12.3 Å². The fourth-order valence-corrected chi connectivity index (χ4v) is 1.46. The Morgan fingerprint density at radius 2 is 2.27 bits per heavy atom. The molecular weight excluding hydrogens is 242 g/mol. The summed E-state index contributed by atoms with van der Waals surface area (Å²) in [5.74, 6) is 0.0576. The molecule has 0 aliphatic rings. The molecule has 0 N–H and O–H groups in total. The van der Waals surface area contributed by atoms with E-state index in [2.05, 4.69) is 4.74 Å². The fourth-order valence-electron chi connectivity index (χ4n) is 1.09. The van der Waals surface area contributed by atoms with Gasteiger partial charge in [0.15, 0.2) is 5.78 Å². The predicted molar refractivity (Wildman–Crippen MR) is 57.3 cm³/mol. The molecule has 1 atom stereocenters. The second kappa shape index (κ2) is 5.33. The third-order valence-electron chi connectivity index (χ3n) is 1.82. The molecule has 0 fully saturated rings. The number of carbonyl (C=O) groups excluding carboxylic acids is 1. The first-order valence-electron chi connectivity index (χ1n) is 4.19. The molecule has 0 spiro atoms. The number of carbonyl (C=O) groups is 1. The van der Waals surface area contributed by atoms with Gasteiger partial charge >= 0.3 is 0 Å². The van der Waals surface area contributed by atoms with Crippen LogP contribution in [0.1, 0.15) is 17.9 Å². The molecule has 0 bridgehead atoms. The molecular formula is C10H9Cl2FO2. The van der Waals surface area contributed by atoms with Crippen molar-refractivity contribution in [2.24, 2.45) is 0 Å². The van der Waals surface area contributed by atoms with Gasteiger partial charge in [0.05, 0.1) is 5.02 Å². The van der Waals surface area contributed by atoms with Crippen molar-refractivity contribution < 1.29 is 13.9 Å². The molecule has 0 heterocycles. The quantitative estimate of drug-likeness (QED) is 0.765. The van der Waals surface area contributed by atoms with E-state index in [1.807, 2.05) is 0 Å². The summed E-state index contributed by atoms with van der Waals surface area (Å²) in [4.78, 5) is 11.0. The molecule has 1 rings (SSSR count). The summed E-state index contributed by atoms with van der Waals surface area (Å²) in [5, 5.41) is -0.501. The van der Waals surface area contributed by atoms with Crippen molar-refractivity contribution >= 4 is 29.0 Å². The van der Waals surface area contributed by atoms with Gasteiger partial charge in [-0.25, -0.2) is 4.39 Å². The molecule has 2 nitrogen and oxygen atoms in total. The summed E-state index contributed by atoms with van der Waals surface area (Å²) in [5.41, 5.74) is 0.570. The van der Waals surface area contributed by atoms with Crippen LogP contribution in [0.3, 0.4) is 0 Å². The summed E-state index contributed by atoms with van der Waals surface area (Å²) in [6.45, 7) is 0.438. The van der Waals surface area contributed by atoms with Crippen LogP contribution in [-0.2, 0) is 4.79 Å². The van der Waals surface area contributed by atoms with Crippen molar-refractivity contribution in [3.63, 3.8) is 0 Å². The van der Waals surface area contributed by atoms with E-state index in [1.165, 1.54) is 19.1 Å². The second-order valence-electron chi connectivity index (χ2n) is 2.92. The Hall–Kier alpha value is -0.800. The molecule has 0 radical (unpaired) electrons. The minimum Gasteiger partial charge on any atom is -0.461 e. The van der Waals surface area contributed by atoms with Gasteiger partial charge in [-0.1, -0.05) is 17.7 Å². The SMILES string of the molecule is CC(=O)C(Cl)c1ccc(OCF)c(Cl)c1. The molecule has 0 aliphatic carbocycles. The molecule has 0 aromatic heterocycles. The smallest absolute Gasteiger partial charge is 0.228 e. The lowest BCUT2D eigenvalue weighted by atomic mass is 10.1. The number of ketones is 1. The van der Waals surface area contributed by atoms with Crippen LogP contribution in [-0.4, -0.2) is 12.6 Å². The van der Waals surface area contributed by atoms with Crippen LogP contribution in [0, 0.1) is 0 Å². The molecule has 1 aromatic carbocycles. The summed E-state index contributed by atoms with van der Waals surface area (Å²) in [7, 11) is 0. The first-order chi connectivity index (χ1) is 7.06. The molecule has 1 unspecified atom stereocenters. The van der Waals surface area contributed by atoms with Crippen LogP contribution in [0.25, 0.3) is 0 Å². The van der Waals surface area contributed by atoms with E-state index >= 15 is 0 Å². The van der Waals surface area contributed by atoms with Crippen LogP contribution < -0.4 is 4.74 Å². The largest absolute Gasteiger partial charge is 0.461 e. The average Bonchev–Trinajstić information content (AvgIpc) is 2.20. The Kier molecular flexibility index (Phi) is 4.36. The number of Topliss-reactive ketones (excluding diaryl/α,β-unsaturated/α-hetero) is 1. The van der Waals surface area contributed by atoms with Gasteiger partial charge in [-0.05, 0) is 24.6 Å². The van der Waals surface area contributed by atoms with E-state index in [9.17, 15) is 9.18 Å². The molecule has 0 aliphatic heterocycles. The molecule has 5 heteroatoms. The zero-order valence-electron chi connectivity index (χ0n) is 7.97. The molecule has 0 saturated carbocycles. The number of halogens is 3. The Morgan fingerprint density at radius 1 is 1.60 bits per heavy atom. The number of alkyl halides is 2. The van der Waals surface area contributed by atoms with Crippen molar-refractivity contribution in [1.29, 1.82) is 0 Å². The minimum absolute atomic E-state index is 0.174. The lowest BCUT2D eigenvalue weighted by Gasteiger charge is -2.09. The van der Waals surface area contributed by atoms with Gasteiger partial charge in [-0.2, -0.15) is 0 Å². The third-order valence-corrected chi connectivity index (χ3v) is 2.67. The maximum absolute atomic E-state index is 11.9. The highest BCUT2D eigenvalue weighted by molar-refractivity contribution is 6.33. The molecule has 1 aromatic rings. The zero-order valence-corrected chi connectivity index (χ0v) is 9.48. The van der Waals surface area contributed by atoms with E-state index in [0.29, 0.717) is 5.56 Å². The average molecular weight is 251 g/mol. The van der Waals surface area contributed by atoms with Crippen molar-refractivity contribution in [2.75, 3.05) is 6.86 Å². The van der Waals surface area contributed by atoms with E-state index < -0.39 is 12.2 Å². The van der Waals surface area contributed by atoms with Crippen LogP contribution in [0.15, 0.2) is 18.2 Å². The van der Waals surface area contributed by atoms with Gasteiger partial charge in [0.2, 0.25) is 6.86 Å². The van der Waals surface area contributed by atoms with Crippen molar-refractivity contribution in [1.82, 2.24) is 0 Å². The van der Waals surface area contributed by atoms with Gasteiger partial charge in [-0.15, -0.1) is 11.6 Å². The predicted octanol–water partition coefficient (Wildman–Crippen LogP) is 3.51. The highest BCUT2D eigenvalue weighted by Crippen LogP contribution is 2.30. The van der Waals surface area contributed by atoms with Crippen molar-refractivity contribution in [3.05, 3.63) is 28.8 Å². The Labute approximate surface area is 96.9 Å². The van der Waals surface area contributed by atoms with Gasteiger partial charge in [-0.3, -0.25) is 4.79 Å². The number of ether oxygens (including phenoxy) is 1.